The number of hydrogen-bond donors (Lipinski definition) is 2. The molecule has 0 aliphatic carbocycles. The van der Waals surface area contributed by atoms with E-state index in [0.29, 0.717) is 23.2 Å². The van der Waals surface area contributed by atoms with Crippen LogP contribution in [0.2, 0.25) is 0 Å². The van der Waals surface area contributed by atoms with E-state index in [0.717, 1.165) is 12.1 Å². The Labute approximate surface area is 165 Å². The smallest absolute Gasteiger partial charge is 0.322 e. The van der Waals surface area contributed by atoms with Crippen LogP contribution in [0.15, 0.2) is 41.3 Å². The zero-order valence-corrected chi connectivity index (χ0v) is 16.1. The van der Waals surface area contributed by atoms with E-state index in [9.17, 15) is 22.8 Å². The van der Waals surface area contributed by atoms with Gasteiger partial charge in [-0.05, 0) is 60.2 Å². The van der Waals surface area contributed by atoms with Crippen molar-refractivity contribution in [3.05, 3.63) is 75.5 Å². The number of nitrogens with zero attached hydrogens (tertiary/aromatic N) is 1. The fraction of sp³-hybridized carbons (Fsp3) is 0.238. The van der Waals surface area contributed by atoms with E-state index in [2.05, 4.69) is 10.3 Å². The summed E-state index contributed by atoms with van der Waals surface area (Å²) in [6, 6.07) is 5.02. The number of urea groups is 1. The minimum Gasteiger partial charge on any atom is -0.328 e. The first-order valence-corrected chi connectivity index (χ1v) is 9.05. The summed E-state index contributed by atoms with van der Waals surface area (Å²) in [5, 5.41) is 2.90. The number of amides is 2. The Kier molecular flexibility index (Phi) is 5.63. The van der Waals surface area contributed by atoms with E-state index in [1.165, 1.54) is 30.3 Å². The number of fused-ring (bicyclic) bond motifs is 1. The molecule has 2 N–H and O–H groups in total. The first kappa shape index (κ1) is 20.4. The topological polar surface area (TPSA) is 65.2 Å². The van der Waals surface area contributed by atoms with E-state index in [4.69, 9.17) is 0 Å². The average Bonchev–Trinajstić information content (AvgIpc) is 2.70. The molecule has 3 aromatic rings. The predicted octanol–water partition coefficient (Wildman–Crippen LogP) is 4.73. The molecule has 2 amide bonds. The van der Waals surface area contributed by atoms with Crippen LogP contribution in [0.5, 0.6) is 0 Å². The molecule has 8 heteroatoms. The number of anilines is 1. The highest BCUT2D eigenvalue weighted by atomic mass is 19.2. The lowest BCUT2D eigenvalue weighted by Gasteiger charge is -2.26. The molecule has 2 aromatic carbocycles. The Morgan fingerprint density at radius 1 is 1.10 bits per heavy atom. The molecule has 3 rings (SSSR count). The van der Waals surface area contributed by atoms with Crippen molar-refractivity contribution in [2.24, 2.45) is 0 Å². The number of benzene rings is 2. The van der Waals surface area contributed by atoms with Gasteiger partial charge in [-0.1, -0.05) is 6.92 Å². The van der Waals surface area contributed by atoms with E-state index in [1.54, 1.807) is 13.0 Å². The number of aryl methyl sites for hydroxylation is 1. The van der Waals surface area contributed by atoms with Gasteiger partial charge < -0.3 is 15.2 Å². The third-order valence-corrected chi connectivity index (χ3v) is 5.00. The summed E-state index contributed by atoms with van der Waals surface area (Å²) in [7, 11) is 1.53. The maximum Gasteiger partial charge on any atom is 0.322 e. The SMILES string of the molecule is CCc1cc(NC(=O)N(C)C(C)c2c[nH]c(=O)c3cc(F)c(F)cc23)ccc1F. The molecule has 0 radical (unpaired) electrons. The molecule has 1 unspecified atom stereocenters. The third-order valence-electron chi connectivity index (χ3n) is 5.00. The maximum absolute atomic E-state index is 13.8. The van der Waals surface area contributed by atoms with Gasteiger partial charge in [-0.2, -0.15) is 0 Å². The average molecular weight is 403 g/mol. The number of H-pyrrole nitrogens is 1. The Hall–Kier alpha value is -3.29. The fourth-order valence-corrected chi connectivity index (χ4v) is 3.14. The molecule has 1 atom stereocenters. The van der Waals surface area contributed by atoms with Gasteiger partial charge in [0.1, 0.15) is 5.82 Å². The monoisotopic (exact) mass is 403 g/mol. The minimum atomic E-state index is -1.12. The second-order valence-corrected chi connectivity index (χ2v) is 6.76. The lowest BCUT2D eigenvalue weighted by Crippen LogP contribution is -2.34. The van der Waals surface area contributed by atoms with Crippen LogP contribution >= 0.6 is 0 Å². The summed E-state index contributed by atoms with van der Waals surface area (Å²) in [6.07, 6.45) is 1.86. The molecule has 0 spiro atoms. The van der Waals surface area contributed by atoms with Crippen molar-refractivity contribution in [1.82, 2.24) is 9.88 Å². The van der Waals surface area contributed by atoms with Crippen LogP contribution in [0.4, 0.5) is 23.7 Å². The Morgan fingerprint density at radius 2 is 1.76 bits per heavy atom. The molecule has 29 heavy (non-hydrogen) atoms. The number of aromatic amines is 1. The van der Waals surface area contributed by atoms with Gasteiger partial charge in [-0.25, -0.2) is 18.0 Å². The summed E-state index contributed by atoms with van der Waals surface area (Å²) in [4.78, 5) is 28.5. The van der Waals surface area contributed by atoms with Crippen molar-refractivity contribution >= 4 is 22.5 Å². The van der Waals surface area contributed by atoms with Crippen LogP contribution in [0.25, 0.3) is 10.8 Å². The van der Waals surface area contributed by atoms with Gasteiger partial charge in [0.05, 0.1) is 11.4 Å². The number of aromatic nitrogens is 1. The van der Waals surface area contributed by atoms with Crippen molar-refractivity contribution in [3.8, 4) is 0 Å². The quantitative estimate of drug-likeness (QED) is 0.661. The van der Waals surface area contributed by atoms with Crippen LogP contribution in [-0.4, -0.2) is 23.0 Å². The molecule has 0 fully saturated rings. The Morgan fingerprint density at radius 3 is 2.41 bits per heavy atom. The summed E-state index contributed by atoms with van der Waals surface area (Å²) in [6.45, 7) is 3.50. The zero-order chi connectivity index (χ0) is 21.3. The summed E-state index contributed by atoms with van der Waals surface area (Å²) >= 11 is 0. The molecule has 0 bridgehead atoms. The second kappa shape index (κ2) is 7.98. The van der Waals surface area contributed by atoms with Crippen molar-refractivity contribution in [1.29, 1.82) is 0 Å². The van der Waals surface area contributed by atoms with Gasteiger partial charge in [-0.15, -0.1) is 0 Å². The number of hydrogen-bond acceptors (Lipinski definition) is 2. The first-order valence-electron chi connectivity index (χ1n) is 9.05. The van der Waals surface area contributed by atoms with Crippen molar-refractivity contribution in [3.63, 3.8) is 0 Å². The van der Waals surface area contributed by atoms with Gasteiger partial charge in [0.15, 0.2) is 11.6 Å². The molecular weight excluding hydrogens is 383 g/mol. The van der Waals surface area contributed by atoms with E-state index < -0.39 is 29.3 Å². The lowest BCUT2D eigenvalue weighted by atomic mass is 10.0. The van der Waals surface area contributed by atoms with Gasteiger partial charge in [-0.3, -0.25) is 4.79 Å². The molecule has 5 nitrogen and oxygen atoms in total. The van der Waals surface area contributed by atoms with E-state index in [-0.39, 0.29) is 16.6 Å². The summed E-state index contributed by atoms with van der Waals surface area (Å²) < 4.78 is 41.0. The minimum absolute atomic E-state index is 0.00631. The van der Waals surface area contributed by atoms with Crippen LogP contribution in [0.3, 0.4) is 0 Å². The van der Waals surface area contributed by atoms with Crippen LogP contribution in [-0.2, 0) is 6.42 Å². The van der Waals surface area contributed by atoms with Gasteiger partial charge in [0, 0.05) is 18.9 Å². The molecule has 0 saturated carbocycles. The summed E-state index contributed by atoms with van der Waals surface area (Å²) in [5.41, 5.74) is 0.805. The summed E-state index contributed by atoms with van der Waals surface area (Å²) in [5.74, 6) is -2.55. The molecule has 1 heterocycles. The predicted molar refractivity (Wildman–Crippen MR) is 105 cm³/mol. The third kappa shape index (κ3) is 3.96. The Bertz CT molecular complexity index is 1140. The largest absolute Gasteiger partial charge is 0.328 e. The highest BCUT2D eigenvalue weighted by molar-refractivity contribution is 5.90. The standard InChI is InChI=1S/C21H20F3N3O2/c1-4-12-7-13(5-6-17(12)22)26-21(29)27(3)11(2)16-10-25-20(28)15-9-19(24)18(23)8-14(15)16/h5-11H,4H2,1-3H3,(H,25,28)(H,26,29). The maximum atomic E-state index is 13.8. The highest BCUT2D eigenvalue weighted by Crippen LogP contribution is 2.27. The van der Waals surface area contributed by atoms with Gasteiger partial charge in [0.25, 0.3) is 5.56 Å². The van der Waals surface area contributed by atoms with Crippen molar-refractivity contribution in [2.45, 2.75) is 26.3 Å². The molecular formula is C21H20F3N3O2. The highest BCUT2D eigenvalue weighted by Gasteiger charge is 2.21. The molecule has 0 aliphatic heterocycles. The lowest BCUT2D eigenvalue weighted by molar-refractivity contribution is 0.208. The number of carbonyl (C=O) groups is 1. The molecule has 1 aromatic heterocycles. The van der Waals surface area contributed by atoms with Crippen LogP contribution in [0, 0.1) is 17.5 Å². The Balaban J connectivity index is 1.91. The van der Waals surface area contributed by atoms with Gasteiger partial charge in [0.2, 0.25) is 0 Å². The second-order valence-electron chi connectivity index (χ2n) is 6.76. The number of pyridine rings is 1. The van der Waals surface area contributed by atoms with E-state index >= 15 is 0 Å². The number of nitrogens with one attached hydrogen (secondary N) is 2. The molecule has 0 aliphatic rings. The first-order chi connectivity index (χ1) is 13.7. The normalized spacial score (nSPS) is 12.1. The molecule has 0 saturated heterocycles. The van der Waals surface area contributed by atoms with Gasteiger partial charge >= 0.3 is 6.03 Å². The van der Waals surface area contributed by atoms with E-state index in [1.807, 2.05) is 6.92 Å². The number of halogens is 3. The number of carbonyl (C=O) groups excluding carboxylic acids is 1. The van der Waals surface area contributed by atoms with Crippen LogP contribution < -0.4 is 10.9 Å². The van der Waals surface area contributed by atoms with Crippen molar-refractivity contribution < 1.29 is 18.0 Å². The molecule has 152 valence electrons. The zero-order valence-electron chi connectivity index (χ0n) is 16.1. The van der Waals surface area contributed by atoms with Crippen LogP contribution in [0.1, 0.15) is 31.0 Å². The fourth-order valence-electron chi connectivity index (χ4n) is 3.14. The number of rotatable bonds is 4. The van der Waals surface area contributed by atoms with Crippen molar-refractivity contribution in [2.75, 3.05) is 12.4 Å².